The van der Waals surface area contributed by atoms with Crippen molar-refractivity contribution in [3.8, 4) is 0 Å². The number of hydrogen-bond donors (Lipinski definition) is 0. The summed E-state index contributed by atoms with van der Waals surface area (Å²) in [7, 11) is 0. The van der Waals surface area contributed by atoms with Gasteiger partial charge in [0.1, 0.15) is 23.0 Å². The van der Waals surface area contributed by atoms with Crippen molar-refractivity contribution in [3.63, 3.8) is 0 Å². The number of aliphatic imine (C=N–C) groups is 1. The standard InChI is InChI=1S/C30H30F2N6O/c1-21-33-30(22-7-11-24(31)12-8-22,23-9-13-25(32)14-10-23)29(39)37(21)18-4-17-36-19-15-26(16-20-36)38-28-6-3-2-5-27(28)34-35-38/h2-3,5-14,26H,4,15-20H2,1H3. The highest BCUT2D eigenvalue weighted by Gasteiger charge is 2.49. The topological polar surface area (TPSA) is 66.6 Å². The summed E-state index contributed by atoms with van der Waals surface area (Å²) >= 11 is 0. The second-order valence-corrected chi connectivity index (χ2v) is 10.3. The van der Waals surface area contributed by atoms with Crippen LogP contribution in [0.3, 0.4) is 0 Å². The lowest BCUT2D eigenvalue weighted by molar-refractivity contribution is -0.130. The first-order valence-electron chi connectivity index (χ1n) is 13.4. The van der Waals surface area contributed by atoms with Gasteiger partial charge in [-0.05, 0) is 80.3 Å². The molecule has 0 N–H and O–H groups in total. The molecule has 0 unspecified atom stereocenters. The Kier molecular flexibility index (Phi) is 6.68. The van der Waals surface area contributed by atoms with Gasteiger partial charge in [-0.1, -0.05) is 41.6 Å². The van der Waals surface area contributed by atoms with Crippen LogP contribution in [0, 0.1) is 11.6 Å². The minimum atomic E-state index is -1.36. The minimum Gasteiger partial charge on any atom is -0.303 e. The van der Waals surface area contributed by atoms with E-state index in [0.29, 0.717) is 29.5 Å². The first kappa shape index (κ1) is 25.3. The molecule has 0 saturated carbocycles. The summed E-state index contributed by atoms with van der Waals surface area (Å²) in [5.74, 6) is -0.381. The molecular formula is C30H30F2N6O. The van der Waals surface area contributed by atoms with E-state index >= 15 is 0 Å². The van der Waals surface area contributed by atoms with Crippen LogP contribution in [0.25, 0.3) is 11.0 Å². The fourth-order valence-electron chi connectivity index (χ4n) is 5.88. The lowest BCUT2D eigenvalue weighted by Gasteiger charge is -2.32. The average molecular weight is 529 g/mol. The number of hydrogen-bond acceptors (Lipinski definition) is 5. The lowest BCUT2D eigenvalue weighted by Crippen LogP contribution is -2.43. The Balaban J connectivity index is 1.12. The number of likely N-dealkylation sites (tertiary alicyclic amines) is 1. The van der Waals surface area contributed by atoms with Crippen molar-refractivity contribution in [2.24, 2.45) is 4.99 Å². The van der Waals surface area contributed by atoms with E-state index in [1.165, 1.54) is 24.3 Å². The molecule has 1 fully saturated rings. The van der Waals surface area contributed by atoms with Crippen LogP contribution in [0.15, 0.2) is 77.8 Å². The minimum absolute atomic E-state index is 0.199. The van der Waals surface area contributed by atoms with Crippen LogP contribution < -0.4 is 0 Å². The summed E-state index contributed by atoms with van der Waals surface area (Å²) < 4.78 is 29.5. The molecule has 3 aromatic carbocycles. The van der Waals surface area contributed by atoms with Crippen LogP contribution in [-0.4, -0.2) is 62.7 Å². The molecule has 4 aromatic rings. The van der Waals surface area contributed by atoms with Gasteiger partial charge in [-0.25, -0.2) is 18.5 Å². The van der Waals surface area contributed by atoms with Gasteiger partial charge in [-0.3, -0.25) is 9.69 Å². The number of aromatic nitrogens is 3. The van der Waals surface area contributed by atoms with Crippen molar-refractivity contribution in [3.05, 3.63) is 95.6 Å². The van der Waals surface area contributed by atoms with Crippen LogP contribution in [-0.2, 0) is 10.3 Å². The van der Waals surface area contributed by atoms with E-state index < -0.39 is 17.2 Å². The monoisotopic (exact) mass is 528 g/mol. The molecule has 0 spiro atoms. The number of amides is 1. The highest BCUT2D eigenvalue weighted by Crippen LogP contribution is 2.40. The Morgan fingerprint density at radius 3 is 2.13 bits per heavy atom. The van der Waals surface area contributed by atoms with E-state index in [9.17, 15) is 13.6 Å². The molecule has 0 atom stereocenters. The third-order valence-electron chi connectivity index (χ3n) is 7.94. The number of nitrogens with zero attached hydrogens (tertiary/aromatic N) is 6. The molecule has 6 rings (SSSR count). The van der Waals surface area contributed by atoms with Gasteiger partial charge in [0.15, 0.2) is 5.54 Å². The highest BCUT2D eigenvalue weighted by atomic mass is 19.1. The van der Waals surface area contributed by atoms with Crippen LogP contribution in [0.2, 0.25) is 0 Å². The van der Waals surface area contributed by atoms with Crippen molar-refractivity contribution >= 4 is 22.8 Å². The quantitative estimate of drug-likeness (QED) is 0.341. The van der Waals surface area contributed by atoms with Gasteiger partial charge in [0, 0.05) is 19.6 Å². The first-order chi connectivity index (χ1) is 19.0. The molecule has 1 saturated heterocycles. The molecule has 9 heteroatoms. The second-order valence-electron chi connectivity index (χ2n) is 10.3. The summed E-state index contributed by atoms with van der Waals surface area (Å²) in [5.41, 5.74) is 1.76. The Morgan fingerprint density at radius 2 is 1.49 bits per heavy atom. The second kappa shape index (κ2) is 10.3. The molecule has 2 aliphatic heterocycles. The van der Waals surface area contributed by atoms with Gasteiger partial charge in [0.25, 0.3) is 5.91 Å². The maximum absolute atomic E-state index is 14.0. The average Bonchev–Trinajstić information content (AvgIpc) is 3.49. The molecule has 2 aliphatic rings. The highest BCUT2D eigenvalue weighted by molar-refractivity contribution is 6.09. The van der Waals surface area contributed by atoms with E-state index in [4.69, 9.17) is 4.99 Å². The van der Waals surface area contributed by atoms with Crippen LogP contribution in [0.1, 0.15) is 43.4 Å². The van der Waals surface area contributed by atoms with E-state index in [2.05, 4.69) is 26.0 Å². The maximum atomic E-state index is 14.0. The number of rotatable bonds is 7. The van der Waals surface area contributed by atoms with Crippen molar-refractivity contribution in [2.45, 2.75) is 37.8 Å². The number of amidine groups is 1. The predicted molar refractivity (Wildman–Crippen MR) is 145 cm³/mol. The van der Waals surface area contributed by atoms with Gasteiger partial charge in [0.2, 0.25) is 0 Å². The number of carbonyl (C=O) groups excluding carboxylic acids is 1. The molecule has 1 aromatic heterocycles. The van der Waals surface area contributed by atoms with Crippen molar-refractivity contribution in [1.82, 2.24) is 24.8 Å². The predicted octanol–water partition coefficient (Wildman–Crippen LogP) is 4.94. The van der Waals surface area contributed by atoms with Gasteiger partial charge in [-0.15, -0.1) is 5.10 Å². The third-order valence-corrected chi connectivity index (χ3v) is 7.94. The Hall–Kier alpha value is -3.98. The molecule has 0 aliphatic carbocycles. The molecule has 3 heterocycles. The van der Waals surface area contributed by atoms with Gasteiger partial charge in [0.05, 0.1) is 11.6 Å². The van der Waals surface area contributed by atoms with Gasteiger partial charge in [-0.2, -0.15) is 0 Å². The Morgan fingerprint density at radius 1 is 0.872 bits per heavy atom. The van der Waals surface area contributed by atoms with Crippen molar-refractivity contribution < 1.29 is 13.6 Å². The molecule has 1 amide bonds. The normalized spacial score (nSPS) is 18.2. The van der Waals surface area contributed by atoms with E-state index in [0.717, 1.165) is 49.9 Å². The fourth-order valence-corrected chi connectivity index (χ4v) is 5.88. The molecule has 200 valence electrons. The number of carbonyl (C=O) groups is 1. The number of piperidine rings is 1. The summed E-state index contributed by atoms with van der Waals surface area (Å²) in [6, 6.07) is 20.0. The van der Waals surface area contributed by atoms with Crippen LogP contribution in [0.5, 0.6) is 0 Å². The number of benzene rings is 3. The van der Waals surface area contributed by atoms with Gasteiger partial charge >= 0.3 is 0 Å². The number of halogens is 2. The zero-order chi connectivity index (χ0) is 27.0. The summed E-state index contributed by atoms with van der Waals surface area (Å²) in [5, 5.41) is 8.70. The lowest BCUT2D eigenvalue weighted by atomic mass is 9.82. The molecule has 0 radical (unpaired) electrons. The number of fused-ring (bicyclic) bond motifs is 1. The molecule has 39 heavy (non-hydrogen) atoms. The summed E-state index contributed by atoms with van der Waals surface area (Å²) in [6.45, 7) is 5.11. The molecule has 0 bridgehead atoms. The van der Waals surface area contributed by atoms with E-state index in [-0.39, 0.29) is 5.91 Å². The Bertz CT molecular complexity index is 1460. The largest absolute Gasteiger partial charge is 0.303 e. The first-order valence-corrected chi connectivity index (χ1v) is 13.4. The smallest absolute Gasteiger partial charge is 0.265 e. The van der Waals surface area contributed by atoms with Crippen molar-refractivity contribution in [2.75, 3.05) is 26.2 Å². The SMILES string of the molecule is CC1=NC(c2ccc(F)cc2)(c2ccc(F)cc2)C(=O)N1CCCN1CCC(n2nnc3ccccc32)CC1. The molecule has 7 nitrogen and oxygen atoms in total. The third kappa shape index (κ3) is 4.61. The van der Waals surface area contributed by atoms with Gasteiger partial charge < -0.3 is 4.90 Å². The zero-order valence-electron chi connectivity index (χ0n) is 21.8. The van der Waals surface area contributed by atoms with E-state index in [1.54, 1.807) is 29.2 Å². The summed E-state index contributed by atoms with van der Waals surface area (Å²) in [4.78, 5) is 22.9. The molecular weight excluding hydrogens is 498 g/mol. The van der Waals surface area contributed by atoms with Crippen LogP contribution >= 0.6 is 0 Å². The summed E-state index contributed by atoms with van der Waals surface area (Å²) in [6.07, 6.45) is 2.78. The van der Waals surface area contributed by atoms with Crippen molar-refractivity contribution in [1.29, 1.82) is 0 Å². The fraction of sp³-hybridized carbons (Fsp3) is 0.333. The Labute approximate surface area is 225 Å². The number of para-hydroxylation sites is 1. The maximum Gasteiger partial charge on any atom is 0.265 e. The van der Waals surface area contributed by atoms with Crippen LogP contribution in [0.4, 0.5) is 8.78 Å². The van der Waals surface area contributed by atoms with E-state index in [1.807, 2.05) is 25.1 Å². The zero-order valence-corrected chi connectivity index (χ0v) is 21.8.